The zero-order valence-electron chi connectivity index (χ0n) is 12.5. The molecule has 3 N–H and O–H groups in total. The normalized spacial score (nSPS) is 11.1. The average Bonchev–Trinajstić information content (AvgIpc) is 3.02. The first-order valence-electron chi connectivity index (χ1n) is 6.86. The van der Waals surface area contributed by atoms with Crippen LogP contribution in [-0.2, 0) is 10.0 Å². The van der Waals surface area contributed by atoms with Gasteiger partial charge in [-0.2, -0.15) is 5.10 Å². The van der Waals surface area contributed by atoms with E-state index in [0.717, 1.165) is 0 Å². The summed E-state index contributed by atoms with van der Waals surface area (Å²) in [6.07, 6.45) is 4.32. The van der Waals surface area contributed by atoms with E-state index in [1.54, 1.807) is 6.07 Å². The van der Waals surface area contributed by atoms with Gasteiger partial charge in [0.15, 0.2) is 0 Å². The molecule has 2 heterocycles. The topological polar surface area (TPSA) is 130 Å². The Hall–Kier alpha value is -2.79. The van der Waals surface area contributed by atoms with Gasteiger partial charge >= 0.3 is 0 Å². The van der Waals surface area contributed by atoms with Gasteiger partial charge in [0.25, 0.3) is 15.9 Å². The lowest BCUT2D eigenvalue weighted by Gasteiger charge is -2.08. The predicted molar refractivity (Wildman–Crippen MR) is 93.5 cm³/mol. The Kier molecular flexibility index (Phi) is 4.76. The van der Waals surface area contributed by atoms with Crippen molar-refractivity contribution < 1.29 is 13.2 Å². The second kappa shape index (κ2) is 6.99. The van der Waals surface area contributed by atoms with Crippen LogP contribution in [0.1, 0.15) is 10.5 Å². The van der Waals surface area contributed by atoms with E-state index in [1.807, 2.05) is 0 Å². The molecule has 11 heteroatoms. The smallest absolute Gasteiger partial charge is 0.274 e. The first-order chi connectivity index (χ1) is 12.0. The van der Waals surface area contributed by atoms with Crippen LogP contribution >= 0.6 is 15.9 Å². The Morgan fingerprint density at radius 1 is 1.12 bits per heavy atom. The van der Waals surface area contributed by atoms with Crippen LogP contribution in [0.5, 0.6) is 0 Å². The first kappa shape index (κ1) is 17.0. The maximum absolute atomic E-state index is 12.3. The van der Waals surface area contributed by atoms with E-state index in [4.69, 9.17) is 0 Å². The van der Waals surface area contributed by atoms with Gasteiger partial charge in [-0.1, -0.05) is 0 Å². The SMILES string of the molecule is O=C(Nc1ccc(S(=O)(=O)Nc2ncccn2)cc1)c1[nH]ncc1Br. The van der Waals surface area contributed by atoms with Crippen LogP contribution in [0.15, 0.2) is 58.3 Å². The second-order valence-corrected chi connectivity index (χ2v) is 7.29. The third kappa shape index (κ3) is 4.00. The molecule has 0 saturated carbocycles. The van der Waals surface area contributed by atoms with Crippen molar-refractivity contribution in [1.82, 2.24) is 20.2 Å². The highest BCUT2D eigenvalue weighted by molar-refractivity contribution is 9.10. The lowest BCUT2D eigenvalue weighted by molar-refractivity contribution is 0.102. The minimum Gasteiger partial charge on any atom is -0.321 e. The predicted octanol–water partition coefficient (Wildman–Crippen LogP) is 2.02. The largest absolute Gasteiger partial charge is 0.321 e. The quantitative estimate of drug-likeness (QED) is 0.576. The second-order valence-electron chi connectivity index (χ2n) is 4.75. The minimum atomic E-state index is -3.82. The van der Waals surface area contributed by atoms with Gasteiger partial charge in [-0.05, 0) is 46.3 Å². The van der Waals surface area contributed by atoms with E-state index in [-0.39, 0.29) is 16.5 Å². The number of hydrogen-bond acceptors (Lipinski definition) is 6. The van der Waals surface area contributed by atoms with Gasteiger partial charge in [-0.25, -0.2) is 23.1 Å². The number of aromatic amines is 1. The highest BCUT2D eigenvalue weighted by atomic mass is 79.9. The number of rotatable bonds is 5. The molecular formula is C14H11BrN6O3S. The summed E-state index contributed by atoms with van der Waals surface area (Å²) in [6, 6.07) is 7.25. The van der Waals surface area contributed by atoms with Gasteiger partial charge in [0, 0.05) is 18.1 Å². The molecule has 0 radical (unpaired) electrons. The third-order valence-corrected chi connectivity index (χ3v) is 4.98. The molecular weight excluding hydrogens is 412 g/mol. The molecule has 0 aliphatic carbocycles. The van der Waals surface area contributed by atoms with E-state index in [9.17, 15) is 13.2 Å². The average molecular weight is 423 g/mol. The molecule has 25 heavy (non-hydrogen) atoms. The summed E-state index contributed by atoms with van der Waals surface area (Å²) in [4.78, 5) is 19.7. The molecule has 0 spiro atoms. The molecule has 0 fully saturated rings. The van der Waals surface area contributed by atoms with Gasteiger partial charge in [0.1, 0.15) is 5.69 Å². The van der Waals surface area contributed by atoms with Crippen molar-refractivity contribution in [2.24, 2.45) is 0 Å². The van der Waals surface area contributed by atoms with Crippen LogP contribution in [-0.4, -0.2) is 34.5 Å². The van der Waals surface area contributed by atoms with Crippen molar-refractivity contribution in [2.45, 2.75) is 4.90 Å². The van der Waals surface area contributed by atoms with Crippen LogP contribution in [0.2, 0.25) is 0 Å². The standard InChI is InChI=1S/C14H11BrN6O3S/c15-11-8-18-20-12(11)13(22)19-9-2-4-10(5-3-9)25(23,24)21-14-16-6-1-7-17-14/h1-8H,(H,18,20)(H,19,22)(H,16,17,21). The molecule has 128 valence electrons. The zero-order chi connectivity index (χ0) is 17.9. The first-order valence-corrected chi connectivity index (χ1v) is 9.13. The van der Waals surface area contributed by atoms with Crippen LogP contribution in [0.25, 0.3) is 0 Å². The van der Waals surface area contributed by atoms with Crippen LogP contribution in [0.3, 0.4) is 0 Å². The number of anilines is 2. The highest BCUT2D eigenvalue weighted by Crippen LogP contribution is 2.18. The number of carbonyl (C=O) groups is 1. The number of nitrogens with one attached hydrogen (secondary N) is 3. The monoisotopic (exact) mass is 422 g/mol. The molecule has 0 saturated heterocycles. The van der Waals surface area contributed by atoms with Gasteiger partial charge in [0.2, 0.25) is 5.95 Å². The molecule has 0 unspecified atom stereocenters. The summed E-state index contributed by atoms with van der Waals surface area (Å²) >= 11 is 3.20. The molecule has 3 rings (SSSR count). The lowest BCUT2D eigenvalue weighted by Crippen LogP contribution is -2.15. The summed E-state index contributed by atoms with van der Waals surface area (Å²) in [7, 11) is -3.82. The molecule has 3 aromatic rings. The third-order valence-electron chi connectivity index (χ3n) is 3.03. The van der Waals surface area contributed by atoms with Gasteiger partial charge in [-0.3, -0.25) is 9.89 Å². The number of H-pyrrole nitrogens is 1. The van der Waals surface area contributed by atoms with Crippen LogP contribution < -0.4 is 10.0 Å². The van der Waals surface area contributed by atoms with Crippen molar-refractivity contribution in [3.05, 3.63) is 59.1 Å². The molecule has 0 atom stereocenters. The zero-order valence-corrected chi connectivity index (χ0v) is 14.9. The fourth-order valence-corrected chi connectivity index (χ4v) is 3.20. The number of halogens is 1. The molecule has 1 aromatic carbocycles. The Bertz CT molecular complexity index is 989. The summed E-state index contributed by atoms with van der Waals surface area (Å²) < 4.78 is 27.3. The van der Waals surface area contributed by atoms with Crippen molar-refractivity contribution in [3.63, 3.8) is 0 Å². The molecule has 9 nitrogen and oxygen atoms in total. The molecule has 0 aliphatic heterocycles. The van der Waals surface area contributed by atoms with E-state index >= 15 is 0 Å². The number of nitrogens with zero attached hydrogens (tertiary/aromatic N) is 3. The number of hydrogen-bond donors (Lipinski definition) is 3. The lowest BCUT2D eigenvalue weighted by atomic mass is 10.3. The number of aromatic nitrogens is 4. The Labute approximate surface area is 151 Å². The number of amides is 1. The fraction of sp³-hybridized carbons (Fsp3) is 0. The molecule has 2 aromatic heterocycles. The maximum atomic E-state index is 12.3. The summed E-state index contributed by atoms with van der Waals surface area (Å²) in [5, 5.41) is 8.93. The highest BCUT2D eigenvalue weighted by Gasteiger charge is 2.16. The number of carbonyl (C=O) groups excluding carboxylic acids is 1. The summed E-state index contributed by atoms with van der Waals surface area (Å²) in [5.41, 5.74) is 0.695. The molecule has 1 amide bonds. The van der Waals surface area contributed by atoms with Crippen molar-refractivity contribution in [1.29, 1.82) is 0 Å². The van der Waals surface area contributed by atoms with Crippen molar-refractivity contribution in [3.8, 4) is 0 Å². The van der Waals surface area contributed by atoms with E-state index < -0.39 is 15.9 Å². The fourth-order valence-electron chi connectivity index (χ4n) is 1.87. The van der Waals surface area contributed by atoms with E-state index in [2.05, 4.69) is 46.1 Å². The van der Waals surface area contributed by atoms with Crippen molar-refractivity contribution in [2.75, 3.05) is 10.0 Å². The van der Waals surface area contributed by atoms with Gasteiger partial charge in [0.05, 0.1) is 15.6 Å². The Balaban J connectivity index is 1.73. The van der Waals surface area contributed by atoms with E-state index in [0.29, 0.717) is 10.2 Å². The maximum Gasteiger partial charge on any atom is 0.274 e. The van der Waals surface area contributed by atoms with E-state index in [1.165, 1.54) is 42.9 Å². The number of sulfonamides is 1. The summed E-state index contributed by atoms with van der Waals surface area (Å²) in [5.74, 6) is -0.431. The minimum absolute atomic E-state index is 0.0145. The summed E-state index contributed by atoms with van der Waals surface area (Å²) in [6.45, 7) is 0. The van der Waals surface area contributed by atoms with Crippen LogP contribution in [0, 0.1) is 0 Å². The van der Waals surface area contributed by atoms with Gasteiger partial charge in [-0.15, -0.1) is 0 Å². The van der Waals surface area contributed by atoms with Crippen LogP contribution in [0.4, 0.5) is 11.6 Å². The van der Waals surface area contributed by atoms with Crippen molar-refractivity contribution >= 4 is 43.5 Å². The Morgan fingerprint density at radius 2 is 1.80 bits per heavy atom. The Morgan fingerprint density at radius 3 is 2.40 bits per heavy atom. The molecule has 0 bridgehead atoms. The number of benzene rings is 1. The van der Waals surface area contributed by atoms with Gasteiger partial charge < -0.3 is 5.32 Å². The molecule has 0 aliphatic rings.